The topological polar surface area (TPSA) is 147 Å². The van der Waals surface area contributed by atoms with Crippen LogP contribution in [0.15, 0.2) is 426 Å². The largest absolute Gasteiger partial charge is 0.454 e. The van der Waals surface area contributed by atoms with Crippen molar-refractivity contribution in [3.8, 4) is 102 Å². The van der Waals surface area contributed by atoms with Crippen LogP contribution in [0.3, 0.4) is 0 Å². The Balaban J connectivity index is 0.000000111. The van der Waals surface area contributed by atoms with Crippen LogP contribution in [0.4, 0.5) is 0 Å². The third-order valence-corrected chi connectivity index (χ3v) is 25.0. The molecule has 0 spiro atoms. The van der Waals surface area contributed by atoms with Crippen LogP contribution in [0.5, 0.6) is 0 Å². The number of benzene rings is 15. The van der Waals surface area contributed by atoms with Crippen molar-refractivity contribution in [1.29, 1.82) is 0 Å². The summed E-state index contributed by atoms with van der Waals surface area (Å²) in [6, 6.07) is 138. The lowest BCUT2D eigenvalue weighted by Crippen LogP contribution is -2.24. The third-order valence-electron chi connectivity index (χ3n) is 22.0. The molecular weight excluding hydrogens is 1480 g/mol. The summed E-state index contributed by atoms with van der Waals surface area (Å²) in [5.41, 5.74) is 22.7. The summed E-state index contributed by atoms with van der Waals surface area (Å²) < 4.78 is 33.9. The molecule has 119 heavy (non-hydrogen) atoms. The maximum absolute atomic E-state index is 14.7. The number of hydrogen-bond acceptors (Lipinski definition) is 11. The quantitative estimate of drug-likeness (QED) is 0.108. The lowest BCUT2D eigenvalue weighted by atomic mass is 10.0. The van der Waals surface area contributed by atoms with Crippen molar-refractivity contribution in [3.05, 3.63) is 413 Å². The number of hydrogen-bond donors (Lipinski definition) is 0. The highest BCUT2D eigenvalue weighted by molar-refractivity contribution is 7.85. The molecule has 23 aromatic rings. The van der Waals surface area contributed by atoms with E-state index in [2.05, 4.69) is 158 Å². The van der Waals surface area contributed by atoms with Gasteiger partial charge in [-0.25, -0.2) is 34.9 Å². The second-order valence-electron chi connectivity index (χ2n) is 29.2. The highest BCUT2D eigenvalue weighted by atomic mass is 31.2. The Bertz CT molecular complexity index is 7310. The van der Waals surface area contributed by atoms with Crippen molar-refractivity contribution in [2.24, 2.45) is 0 Å². The SMILES string of the molecule is O=P(c1ccccc1)(c1ccccc1)c1ccc(-c2nc3ccccc3c3c2oc2ccccc23)cc1.c1ccc(-c2cc(-c3ccc(-c4nc5ccccc5c5c4oc4ccccc45)cc3)nc(-c3ccccc3)n2)cc1.c1ccc(-c2cc(-c3ccccc3)nc(-c3ccc(-c4nc5ccccc5c5c4oc4ccccc45)cc3)n2)cc1. The van der Waals surface area contributed by atoms with Crippen molar-refractivity contribution in [2.75, 3.05) is 0 Å². The molecule has 15 aromatic carbocycles. The molecule has 0 aliphatic carbocycles. The van der Waals surface area contributed by atoms with Gasteiger partial charge in [0, 0.05) is 114 Å². The number of rotatable bonds is 12. The van der Waals surface area contributed by atoms with Gasteiger partial charge in [0.15, 0.2) is 35.5 Å². The second-order valence-corrected chi connectivity index (χ2v) is 32.0. The Morgan fingerprint density at radius 2 is 0.420 bits per heavy atom. The molecule has 560 valence electrons. The minimum Gasteiger partial charge on any atom is -0.454 e. The summed E-state index contributed by atoms with van der Waals surface area (Å²) >= 11 is 0. The predicted octanol–water partition coefficient (Wildman–Crippen LogP) is 26.6. The third kappa shape index (κ3) is 13.3. The molecule has 11 nitrogen and oxygen atoms in total. The lowest BCUT2D eigenvalue weighted by molar-refractivity contribution is 0.592. The normalized spacial score (nSPS) is 11.6. The van der Waals surface area contributed by atoms with Crippen LogP contribution in [0.25, 0.3) is 200 Å². The average molecular weight is 1550 g/mol. The molecular formula is C107H68N7O4P. The van der Waals surface area contributed by atoms with E-state index < -0.39 is 7.14 Å². The van der Waals surface area contributed by atoms with Gasteiger partial charge in [0.25, 0.3) is 0 Å². The smallest absolute Gasteiger partial charge is 0.171 e. The van der Waals surface area contributed by atoms with Crippen LogP contribution in [-0.4, -0.2) is 34.9 Å². The van der Waals surface area contributed by atoms with E-state index in [1.54, 1.807) is 0 Å². The Kier molecular flexibility index (Phi) is 18.3. The van der Waals surface area contributed by atoms with Crippen LogP contribution < -0.4 is 15.9 Å². The highest BCUT2D eigenvalue weighted by Gasteiger charge is 2.31. The van der Waals surface area contributed by atoms with Crippen LogP contribution in [0, 0.1) is 0 Å². The lowest BCUT2D eigenvalue weighted by Gasteiger charge is -2.20. The monoisotopic (exact) mass is 1550 g/mol. The van der Waals surface area contributed by atoms with Crippen molar-refractivity contribution in [1.82, 2.24) is 34.9 Å². The van der Waals surface area contributed by atoms with Crippen molar-refractivity contribution in [2.45, 2.75) is 0 Å². The molecule has 0 aliphatic heterocycles. The van der Waals surface area contributed by atoms with E-state index >= 15 is 0 Å². The van der Waals surface area contributed by atoms with Gasteiger partial charge >= 0.3 is 0 Å². The summed E-state index contributed by atoms with van der Waals surface area (Å²) in [6.07, 6.45) is 0. The Morgan fingerprint density at radius 1 is 0.193 bits per heavy atom. The Hall–Kier alpha value is -15.7. The van der Waals surface area contributed by atoms with Crippen molar-refractivity contribution < 1.29 is 17.8 Å². The van der Waals surface area contributed by atoms with Crippen LogP contribution in [0.2, 0.25) is 0 Å². The van der Waals surface area contributed by atoms with E-state index in [0.717, 1.165) is 204 Å². The number of pyridine rings is 3. The van der Waals surface area contributed by atoms with Gasteiger partial charge in [0.2, 0.25) is 0 Å². The molecule has 0 fully saturated rings. The minimum absolute atomic E-state index is 0.678. The van der Waals surface area contributed by atoms with E-state index in [9.17, 15) is 4.57 Å². The summed E-state index contributed by atoms with van der Waals surface area (Å²) in [5, 5.41) is 12.2. The van der Waals surface area contributed by atoms with Gasteiger partial charge in [-0.2, -0.15) is 0 Å². The number of para-hydroxylation sites is 6. The molecule has 12 heteroatoms. The molecule has 0 amide bonds. The van der Waals surface area contributed by atoms with Gasteiger partial charge in [-0.05, 0) is 48.5 Å². The van der Waals surface area contributed by atoms with Gasteiger partial charge in [0.1, 0.15) is 33.8 Å². The molecule has 0 unspecified atom stereocenters. The standard InChI is InChI=1S/2C37H23N3O.C33H22NO2P/c1-3-11-24(12-4-1)31-23-32(40-37(39-31)27-13-5-2-6-14-27)25-19-21-26(22-20-25)35-36-34(28-15-7-9-17-30(28)38-35)29-16-8-10-18-33(29)41-36;1-3-11-24(12-4-1)31-23-32(25-13-5-2-6-14-25)40-37(39-31)27-21-19-26(20-22-27)35-36-34(28-15-7-9-17-30(28)38-35)29-16-8-10-18-33(29)41-36;35-37(24-11-3-1-4-12-24,25-13-5-2-6-14-25)26-21-19-23(20-22-26)32-33-31(27-15-7-9-17-29(27)34-32)28-16-8-10-18-30(28)36-33/h2*1-23H;1-22H. The number of aromatic nitrogens is 7. The number of fused-ring (bicyclic) bond motifs is 15. The Morgan fingerprint density at radius 3 is 0.748 bits per heavy atom. The number of furan rings is 3. The zero-order chi connectivity index (χ0) is 79.2. The van der Waals surface area contributed by atoms with Gasteiger partial charge in [-0.1, -0.05) is 364 Å². The predicted molar refractivity (Wildman–Crippen MR) is 487 cm³/mol. The molecule has 23 rings (SSSR count). The molecule has 0 aliphatic rings. The highest BCUT2D eigenvalue weighted by Crippen LogP contribution is 2.46. The van der Waals surface area contributed by atoms with Gasteiger partial charge in [-0.3, -0.25) is 0 Å². The Labute approximate surface area is 684 Å². The fourth-order valence-corrected chi connectivity index (χ4v) is 18.8. The van der Waals surface area contributed by atoms with E-state index in [1.165, 1.54) is 0 Å². The van der Waals surface area contributed by atoms with E-state index in [0.29, 0.717) is 11.6 Å². The molecule has 8 heterocycles. The molecule has 0 N–H and O–H groups in total. The maximum atomic E-state index is 14.7. The summed E-state index contributed by atoms with van der Waals surface area (Å²) in [5.74, 6) is 1.38. The number of nitrogens with zero attached hydrogens (tertiary/aromatic N) is 7. The van der Waals surface area contributed by atoms with E-state index in [-0.39, 0.29) is 0 Å². The van der Waals surface area contributed by atoms with Crippen LogP contribution in [-0.2, 0) is 4.57 Å². The average Bonchev–Trinajstić information content (AvgIpc) is 1.62. The molecule has 0 bridgehead atoms. The molecule has 0 atom stereocenters. The fraction of sp³-hybridized carbons (Fsp3) is 0. The zero-order valence-corrected chi connectivity index (χ0v) is 64.9. The van der Waals surface area contributed by atoms with Gasteiger partial charge < -0.3 is 17.8 Å². The minimum atomic E-state index is -3.04. The van der Waals surface area contributed by atoms with Crippen LogP contribution in [0.1, 0.15) is 0 Å². The van der Waals surface area contributed by atoms with Gasteiger partial charge in [0.05, 0.1) is 39.3 Å². The molecule has 8 aromatic heterocycles. The van der Waals surface area contributed by atoms with Gasteiger partial charge in [-0.15, -0.1) is 0 Å². The summed E-state index contributed by atoms with van der Waals surface area (Å²) in [7, 11) is -3.04. The maximum Gasteiger partial charge on any atom is 0.171 e. The van der Waals surface area contributed by atoms with Crippen molar-refractivity contribution in [3.63, 3.8) is 0 Å². The second kappa shape index (κ2) is 30.6. The van der Waals surface area contributed by atoms with E-state index in [4.69, 9.17) is 48.1 Å². The summed E-state index contributed by atoms with van der Waals surface area (Å²) in [4.78, 5) is 35.0. The first-order valence-electron chi connectivity index (χ1n) is 39.5. The first-order chi connectivity index (χ1) is 58.9. The molecule has 0 saturated heterocycles. The van der Waals surface area contributed by atoms with E-state index in [1.807, 2.05) is 255 Å². The molecule has 0 saturated carbocycles. The first-order valence-corrected chi connectivity index (χ1v) is 41.2. The molecule has 0 radical (unpaired) electrons. The fourth-order valence-electron chi connectivity index (χ4n) is 16.2. The summed E-state index contributed by atoms with van der Waals surface area (Å²) in [6.45, 7) is 0. The zero-order valence-electron chi connectivity index (χ0n) is 64.0. The van der Waals surface area contributed by atoms with Crippen LogP contribution >= 0.6 is 7.14 Å². The van der Waals surface area contributed by atoms with Crippen molar-refractivity contribution >= 4 is 122 Å². The first kappa shape index (κ1) is 71.1.